The van der Waals surface area contributed by atoms with E-state index in [-0.39, 0.29) is 18.6 Å². The largest absolute Gasteiger partial charge is 0.481 e. The SMILES string of the molecule is O=C(O)CCCS(=O)(=O)N1CCCOCC1. The van der Waals surface area contributed by atoms with Crippen molar-refractivity contribution >= 4 is 16.0 Å². The predicted molar refractivity (Wildman–Crippen MR) is 57.7 cm³/mol. The Balaban J connectivity index is 2.44. The summed E-state index contributed by atoms with van der Waals surface area (Å²) in [6.45, 7) is 1.84. The van der Waals surface area contributed by atoms with Gasteiger partial charge in [0.15, 0.2) is 0 Å². The van der Waals surface area contributed by atoms with Crippen LogP contribution in [0.15, 0.2) is 0 Å². The van der Waals surface area contributed by atoms with Gasteiger partial charge in [0.1, 0.15) is 0 Å². The third-order valence-corrected chi connectivity index (χ3v) is 4.32. The van der Waals surface area contributed by atoms with Gasteiger partial charge in [0, 0.05) is 26.1 Å². The molecule has 0 aliphatic carbocycles. The molecule has 1 heterocycles. The van der Waals surface area contributed by atoms with Crippen LogP contribution in [0.1, 0.15) is 19.3 Å². The fourth-order valence-electron chi connectivity index (χ4n) is 1.54. The van der Waals surface area contributed by atoms with Crippen LogP contribution in [0.2, 0.25) is 0 Å². The van der Waals surface area contributed by atoms with Crippen LogP contribution in [0.5, 0.6) is 0 Å². The van der Waals surface area contributed by atoms with E-state index in [1.807, 2.05) is 0 Å². The Labute approximate surface area is 95.2 Å². The van der Waals surface area contributed by atoms with Crippen molar-refractivity contribution in [3.8, 4) is 0 Å². The smallest absolute Gasteiger partial charge is 0.303 e. The normalized spacial score (nSPS) is 19.2. The van der Waals surface area contributed by atoms with Gasteiger partial charge in [-0.05, 0) is 12.8 Å². The van der Waals surface area contributed by atoms with E-state index in [1.54, 1.807) is 0 Å². The van der Waals surface area contributed by atoms with E-state index in [0.29, 0.717) is 32.7 Å². The van der Waals surface area contributed by atoms with Crippen LogP contribution in [-0.4, -0.2) is 55.9 Å². The lowest BCUT2D eigenvalue weighted by Gasteiger charge is -2.18. The maximum Gasteiger partial charge on any atom is 0.303 e. The van der Waals surface area contributed by atoms with E-state index in [0.717, 1.165) is 0 Å². The second-order valence-electron chi connectivity index (χ2n) is 3.68. The molecule has 1 N–H and O–H groups in total. The molecule has 1 aliphatic rings. The van der Waals surface area contributed by atoms with E-state index in [4.69, 9.17) is 9.84 Å². The van der Waals surface area contributed by atoms with Gasteiger partial charge in [-0.15, -0.1) is 0 Å². The van der Waals surface area contributed by atoms with Gasteiger partial charge in [-0.1, -0.05) is 0 Å². The quantitative estimate of drug-likeness (QED) is 0.738. The Morgan fingerprint density at radius 2 is 2.06 bits per heavy atom. The topological polar surface area (TPSA) is 83.9 Å². The highest BCUT2D eigenvalue weighted by Crippen LogP contribution is 2.08. The number of carbonyl (C=O) groups is 1. The standard InChI is InChI=1S/C9H17NO5S/c11-9(12)3-1-8-16(13,14)10-4-2-6-15-7-5-10/h1-8H2,(H,11,12). The van der Waals surface area contributed by atoms with Crippen LogP contribution in [0.4, 0.5) is 0 Å². The number of ether oxygens (including phenoxy) is 1. The number of hydrogen-bond donors (Lipinski definition) is 1. The highest BCUT2D eigenvalue weighted by molar-refractivity contribution is 7.89. The highest BCUT2D eigenvalue weighted by Gasteiger charge is 2.22. The lowest BCUT2D eigenvalue weighted by Crippen LogP contribution is -2.35. The number of sulfonamides is 1. The molecule has 0 saturated carbocycles. The average molecular weight is 251 g/mol. The van der Waals surface area contributed by atoms with Crippen LogP contribution in [0.25, 0.3) is 0 Å². The van der Waals surface area contributed by atoms with Crippen molar-refractivity contribution in [1.82, 2.24) is 4.31 Å². The fourth-order valence-corrected chi connectivity index (χ4v) is 3.06. The first-order chi connectivity index (χ1) is 7.52. The Hall–Kier alpha value is -0.660. The molecule has 0 spiro atoms. The summed E-state index contributed by atoms with van der Waals surface area (Å²) in [5.41, 5.74) is 0. The molecule has 0 bridgehead atoms. The summed E-state index contributed by atoms with van der Waals surface area (Å²) in [4.78, 5) is 10.3. The number of aliphatic carboxylic acids is 1. The first-order valence-electron chi connectivity index (χ1n) is 5.30. The van der Waals surface area contributed by atoms with Crippen molar-refractivity contribution < 1.29 is 23.1 Å². The second kappa shape index (κ2) is 6.17. The van der Waals surface area contributed by atoms with Crippen molar-refractivity contribution in [2.24, 2.45) is 0 Å². The number of rotatable bonds is 5. The number of hydrogen-bond acceptors (Lipinski definition) is 4. The first-order valence-corrected chi connectivity index (χ1v) is 6.90. The number of nitrogens with zero attached hydrogens (tertiary/aromatic N) is 1. The zero-order valence-electron chi connectivity index (χ0n) is 9.09. The lowest BCUT2D eigenvalue weighted by atomic mass is 10.3. The third kappa shape index (κ3) is 4.46. The monoisotopic (exact) mass is 251 g/mol. The Kier molecular flexibility index (Phi) is 5.17. The average Bonchev–Trinajstić information content (AvgIpc) is 2.44. The van der Waals surface area contributed by atoms with E-state index < -0.39 is 16.0 Å². The molecule has 0 amide bonds. The van der Waals surface area contributed by atoms with Gasteiger partial charge in [-0.25, -0.2) is 8.42 Å². The van der Waals surface area contributed by atoms with Crippen molar-refractivity contribution in [2.45, 2.75) is 19.3 Å². The number of carboxylic acids is 1. The summed E-state index contributed by atoms with van der Waals surface area (Å²) < 4.78 is 30.1. The zero-order chi connectivity index (χ0) is 12.0. The fraction of sp³-hybridized carbons (Fsp3) is 0.889. The van der Waals surface area contributed by atoms with Gasteiger partial charge < -0.3 is 9.84 Å². The predicted octanol–water partition coefficient (Wildman–Crippen LogP) is -0.0967. The highest BCUT2D eigenvalue weighted by atomic mass is 32.2. The Morgan fingerprint density at radius 3 is 2.75 bits per heavy atom. The van der Waals surface area contributed by atoms with Crippen LogP contribution < -0.4 is 0 Å². The zero-order valence-corrected chi connectivity index (χ0v) is 9.91. The van der Waals surface area contributed by atoms with E-state index in [9.17, 15) is 13.2 Å². The van der Waals surface area contributed by atoms with Crippen molar-refractivity contribution in [3.05, 3.63) is 0 Å². The molecule has 1 fully saturated rings. The number of carboxylic acid groups (broad SMARTS) is 1. The molecule has 1 aliphatic heterocycles. The second-order valence-corrected chi connectivity index (χ2v) is 5.77. The van der Waals surface area contributed by atoms with Gasteiger partial charge >= 0.3 is 5.97 Å². The van der Waals surface area contributed by atoms with Crippen LogP contribution >= 0.6 is 0 Å². The molecule has 0 aromatic carbocycles. The molecule has 0 aromatic heterocycles. The molecule has 0 aromatic rings. The minimum atomic E-state index is -3.31. The molecule has 0 atom stereocenters. The molecular weight excluding hydrogens is 234 g/mol. The maximum absolute atomic E-state index is 11.8. The van der Waals surface area contributed by atoms with E-state index in [1.165, 1.54) is 4.31 Å². The van der Waals surface area contributed by atoms with Crippen molar-refractivity contribution in [3.63, 3.8) is 0 Å². The molecule has 0 unspecified atom stereocenters. The van der Waals surface area contributed by atoms with Crippen LogP contribution in [0.3, 0.4) is 0 Å². The van der Waals surface area contributed by atoms with Crippen molar-refractivity contribution in [2.75, 3.05) is 32.1 Å². The first kappa shape index (κ1) is 13.4. The molecular formula is C9H17NO5S. The maximum atomic E-state index is 11.8. The lowest BCUT2D eigenvalue weighted by molar-refractivity contribution is -0.137. The summed E-state index contributed by atoms with van der Waals surface area (Å²) in [5.74, 6) is -1.06. The molecule has 0 radical (unpaired) electrons. The van der Waals surface area contributed by atoms with Crippen LogP contribution in [-0.2, 0) is 19.6 Å². The van der Waals surface area contributed by atoms with Gasteiger partial charge in [-0.2, -0.15) is 4.31 Å². The Bertz CT molecular complexity index is 319. The summed E-state index contributed by atoms with van der Waals surface area (Å²) in [5, 5.41) is 8.44. The molecule has 1 saturated heterocycles. The summed E-state index contributed by atoms with van der Waals surface area (Å²) in [7, 11) is -3.31. The minimum Gasteiger partial charge on any atom is -0.481 e. The molecule has 16 heavy (non-hydrogen) atoms. The molecule has 1 rings (SSSR count). The van der Waals surface area contributed by atoms with Crippen LogP contribution in [0, 0.1) is 0 Å². The third-order valence-electron chi connectivity index (χ3n) is 2.37. The Morgan fingerprint density at radius 1 is 1.31 bits per heavy atom. The molecule has 6 nitrogen and oxygen atoms in total. The van der Waals surface area contributed by atoms with Gasteiger partial charge in [0.05, 0.1) is 12.4 Å². The molecule has 94 valence electrons. The summed E-state index contributed by atoms with van der Waals surface area (Å²) in [6, 6.07) is 0. The van der Waals surface area contributed by atoms with Gasteiger partial charge in [0.25, 0.3) is 0 Å². The molecule has 7 heteroatoms. The minimum absolute atomic E-state index is 0.0979. The van der Waals surface area contributed by atoms with Crippen molar-refractivity contribution in [1.29, 1.82) is 0 Å². The van der Waals surface area contributed by atoms with Gasteiger partial charge in [0.2, 0.25) is 10.0 Å². The van der Waals surface area contributed by atoms with Gasteiger partial charge in [-0.3, -0.25) is 4.79 Å². The summed E-state index contributed by atoms with van der Waals surface area (Å²) >= 11 is 0. The van der Waals surface area contributed by atoms with E-state index in [2.05, 4.69) is 0 Å². The summed E-state index contributed by atoms with van der Waals surface area (Å²) in [6.07, 6.45) is 0.747. The van der Waals surface area contributed by atoms with E-state index >= 15 is 0 Å².